The minimum absolute atomic E-state index is 0.196. The van der Waals surface area contributed by atoms with E-state index in [1.165, 1.54) is 0 Å². The number of fused-ring (bicyclic) bond motifs is 1. The number of benzene rings is 3. The molecule has 0 N–H and O–H groups in total. The molecule has 1 heterocycles. The van der Waals surface area contributed by atoms with E-state index in [2.05, 4.69) is 37.9 Å². The van der Waals surface area contributed by atoms with E-state index in [0.29, 0.717) is 34.5 Å². The monoisotopic (exact) mass is 545 g/mol. The van der Waals surface area contributed by atoms with Crippen LogP contribution in [0.15, 0.2) is 63.5 Å². The third kappa shape index (κ3) is 4.65. The molecule has 0 radical (unpaired) electrons. The van der Waals surface area contributed by atoms with Crippen LogP contribution in [0.5, 0.6) is 17.2 Å². The van der Waals surface area contributed by atoms with Crippen LogP contribution in [0.25, 0.3) is 11.6 Å². The Balaban J connectivity index is 1.57. The molecular formula is C23H14Br2ClNO3. The first-order valence-electron chi connectivity index (χ1n) is 8.91. The minimum Gasteiger partial charge on any atom is -0.487 e. The van der Waals surface area contributed by atoms with Gasteiger partial charge in [0.25, 0.3) is 0 Å². The van der Waals surface area contributed by atoms with Gasteiger partial charge in [-0.25, -0.2) is 0 Å². The van der Waals surface area contributed by atoms with Crippen molar-refractivity contribution in [1.29, 1.82) is 5.26 Å². The highest BCUT2D eigenvalue weighted by atomic mass is 79.9. The van der Waals surface area contributed by atoms with Gasteiger partial charge in [-0.3, -0.25) is 0 Å². The minimum atomic E-state index is 0.196. The summed E-state index contributed by atoms with van der Waals surface area (Å²) in [7, 11) is 0. The van der Waals surface area contributed by atoms with Gasteiger partial charge in [-0.1, -0.05) is 23.7 Å². The van der Waals surface area contributed by atoms with Crippen LogP contribution >= 0.6 is 43.5 Å². The van der Waals surface area contributed by atoms with Crippen molar-refractivity contribution in [1.82, 2.24) is 0 Å². The van der Waals surface area contributed by atoms with E-state index in [1.807, 2.05) is 60.7 Å². The summed E-state index contributed by atoms with van der Waals surface area (Å²) in [6.07, 6.45) is 1.82. The first-order valence-corrected chi connectivity index (χ1v) is 10.9. The first kappa shape index (κ1) is 20.8. The molecule has 0 saturated carbocycles. The zero-order valence-corrected chi connectivity index (χ0v) is 19.4. The summed E-state index contributed by atoms with van der Waals surface area (Å²) in [6.45, 7) is 0.603. The number of rotatable bonds is 5. The number of nitrogens with zero attached hydrogens (tertiary/aromatic N) is 1. The summed E-state index contributed by atoms with van der Waals surface area (Å²) < 4.78 is 18.3. The topological polar surface area (TPSA) is 51.5 Å². The largest absolute Gasteiger partial charge is 0.487 e. The summed E-state index contributed by atoms with van der Waals surface area (Å²) in [6, 6.07) is 19.0. The fraction of sp³-hybridized carbons (Fsp3) is 0.0870. The number of halogens is 3. The van der Waals surface area contributed by atoms with Crippen molar-refractivity contribution in [2.75, 3.05) is 6.79 Å². The average molecular weight is 548 g/mol. The molecule has 30 heavy (non-hydrogen) atoms. The van der Waals surface area contributed by atoms with Crippen molar-refractivity contribution in [3.8, 4) is 23.3 Å². The number of ether oxygens (including phenoxy) is 3. The van der Waals surface area contributed by atoms with Crippen molar-refractivity contribution in [2.24, 2.45) is 0 Å². The van der Waals surface area contributed by atoms with E-state index in [0.717, 1.165) is 25.6 Å². The van der Waals surface area contributed by atoms with E-state index in [4.69, 9.17) is 25.8 Å². The fourth-order valence-corrected chi connectivity index (χ4v) is 4.52. The second-order valence-electron chi connectivity index (χ2n) is 6.47. The van der Waals surface area contributed by atoms with E-state index in [1.54, 1.807) is 0 Å². The maximum Gasteiger partial charge on any atom is 0.231 e. The van der Waals surface area contributed by atoms with Crippen LogP contribution in [-0.4, -0.2) is 6.79 Å². The Kier molecular flexibility index (Phi) is 6.33. The Labute approximate surface area is 195 Å². The van der Waals surface area contributed by atoms with Gasteiger partial charge in [-0.2, -0.15) is 5.26 Å². The van der Waals surface area contributed by atoms with Crippen molar-refractivity contribution in [3.05, 3.63) is 85.3 Å². The van der Waals surface area contributed by atoms with Gasteiger partial charge < -0.3 is 14.2 Å². The summed E-state index contributed by atoms with van der Waals surface area (Å²) in [5.74, 6) is 2.01. The first-order chi connectivity index (χ1) is 14.5. The summed E-state index contributed by atoms with van der Waals surface area (Å²) >= 11 is 13.1. The molecule has 7 heteroatoms. The normalized spacial score (nSPS) is 12.5. The lowest BCUT2D eigenvalue weighted by Crippen LogP contribution is -1.97. The number of allylic oxidation sites excluding steroid dienone is 1. The van der Waals surface area contributed by atoms with Gasteiger partial charge in [0, 0.05) is 5.02 Å². The lowest BCUT2D eigenvalue weighted by Gasteiger charge is -2.12. The van der Waals surface area contributed by atoms with Crippen LogP contribution in [-0.2, 0) is 6.61 Å². The zero-order valence-electron chi connectivity index (χ0n) is 15.5. The van der Waals surface area contributed by atoms with Gasteiger partial charge in [-0.05, 0) is 97.1 Å². The molecular weight excluding hydrogens is 534 g/mol. The molecule has 4 rings (SSSR count). The number of nitriles is 1. The van der Waals surface area contributed by atoms with Crippen LogP contribution in [0.3, 0.4) is 0 Å². The molecule has 4 nitrogen and oxygen atoms in total. The van der Waals surface area contributed by atoms with Crippen LogP contribution in [0.1, 0.15) is 16.7 Å². The number of hydrogen-bond donors (Lipinski definition) is 0. The summed E-state index contributed by atoms with van der Waals surface area (Å²) in [4.78, 5) is 0. The van der Waals surface area contributed by atoms with Crippen molar-refractivity contribution in [2.45, 2.75) is 6.61 Å². The maximum absolute atomic E-state index is 9.66. The Morgan fingerprint density at radius 2 is 1.73 bits per heavy atom. The van der Waals surface area contributed by atoms with Gasteiger partial charge in [0.1, 0.15) is 12.4 Å². The smallest absolute Gasteiger partial charge is 0.231 e. The fourth-order valence-electron chi connectivity index (χ4n) is 2.95. The van der Waals surface area contributed by atoms with E-state index in [-0.39, 0.29) is 6.79 Å². The molecule has 3 aromatic rings. The quantitative estimate of drug-likeness (QED) is 0.250. The second kappa shape index (κ2) is 9.13. The second-order valence-corrected chi connectivity index (χ2v) is 8.61. The van der Waals surface area contributed by atoms with E-state index < -0.39 is 0 Å². The molecule has 0 saturated heterocycles. The Bertz CT molecular complexity index is 1150. The van der Waals surface area contributed by atoms with E-state index >= 15 is 0 Å². The third-order valence-electron chi connectivity index (χ3n) is 4.43. The molecule has 0 amide bonds. The molecule has 0 unspecified atom stereocenters. The average Bonchev–Trinajstić information content (AvgIpc) is 3.20. The van der Waals surface area contributed by atoms with Gasteiger partial charge in [0.2, 0.25) is 6.79 Å². The molecule has 1 aliphatic rings. The highest BCUT2D eigenvalue weighted by Gasteiger charge is 2.15. The Morgan fingerprint density at radius 3 is 2.43 bits per heavy atom. The molecule has 0 aromatic heterocycles. The van der Waals surface area contributed by atoms with Gasteiger partial charge >= 0.3 is 0 Å². The lowest BCUT2D eigenvalue weighted by molar-refractivity contribution is 0.174. The Morgan fingerprint density at radius 1 is 1.03 bits per heavy atom. The molecule has 0 atom stereocenters. The third-order valence-corrected chi connectivity index (χ3v) is 5.86. The highest BCUT2D eigenvalue weighted by molar-refractivity contribution is 9.11. The molecule has 1 aliphatic heterocycles. The summed E-state index contributed by atoms with van der Waals surface area (Å²) in [5, 5.41) is 10.4. The van der Waals surface area contributed by atoms with Gasteiger partial charge in [0.05, 0.1) is 20.6 Å². The lowest BCUT2D eigenvalue weighted by atomic mass is 10.0. The van der Waals surface area contributed by atoms with Gasteiger partial charge in [0.15, 0.2) is 11.5 Å². The maximum atomic E-state index is 9.66. The highest BCUT2D eigenvalue weighted by Crippen LogP contribution is 2.38. The Hall–Kier alpha value is -2.46. The molecule has 3 aromatic carbocycles. The predicted octanol–water partition coefficient (Wildman–Crippen LogP) is 7.24. The van der Waals surface area contributed by atoms with Crippen molar-refractivity contribution >= 4 is 55.1 Å². The van der Waals surface area contributed by atoms with Crippen LogP contribution in [0.2, 0.25) is 5.02 Å². The zero-order chi connectivity index (χ0) is 21.1. The van der Waals surface area contributed by atoms with Crippen molar-refractivity contribution in [3.63, 3.8) is 0 Å². The van der Waals surface area contributed by atoms with E-state index in [9.17, 15) is 5.26 Å². The van der Waals surface area contributed by atoms with Crippen molar-refractivity contribution < 1.29 is 14.2 Å². The number of hydrogen-bond acceptors (Lipinski definition) is 4. The molecule has 150 valence electrons. The molecule has 0 bridgehead atoms. The van der Waals surface area contributed by atoms with Crippen LogP contribution in [0.4, 0.5) is 0 Å². The molecule has 0 spiro atoms. The molecule has 0 fully saturated rings. The molecule has 0 aliphatic carbocycles. The predicted molar refractivity (Wildman–Crippen MR) is 124 cm³/mol. The summed E-state index contributed by atoms with van der Waals surface area (Å²) in [5.41, 5.74) is 3.14. The van der Waals surface area contributed by atoms with Gasteiger partial charge in [-0.15, -0.1) is 0 Å². The van der Waals surface area contributed by atoms with Crippen LogP contribution < -0.4 is 14.2 Å². The standard InChI is InChI=1S/C23H14Br2ClNO3/c24-19-8-15(7-17(11-27)16-3-6-21-22(10-16)30-13-29-21)9-20(25)23(19)28-12-14-1-4-18(26)5-2-14/h1-10H,12-13H2/b17-7-. The van der Waals surface area contributed by atoms with Crippen LogP contribution in [0, 0.1) is 11.3 Å². The SMILES string of the molecule is N#C/C(=C/c1cc(Br)c(OCc2ccc(Cl)cc2)c(Br)c1)c1ccc2c(c1)OCO2.